The highest BCUT2D eigenvalue weighted by atomic mass is 35.5. The summed E-state index contributed by atoms with van der Waals surface area (Å²) in [6, 6.07) is 13.0. The lowest BCUT2D eigenvalue weighted by atomic mass is 10.0. The quantitative estimate of drug-likeness (QED) is 0.398. The summed E-state index contributed by atoms with van der Waals surface area (Å²) in [5, 5.41) is 13.8. The molecule has 0 aromatic heterocycles. The van der Waals surface area contributed by atoms with E-state index in [2.05, 4.69) is 5.32 Å². The zero-order chi connectivity index (χ0) is 19.8. The van der Waals surface area contributed by atoms with Crippen LogP contribution in [-0.4, -0.2) is 43.0 Å². The summed E-state index contributed by atoms with van der Waals surface area (Å²) in [5.41, 5.74) is 0.903. The number of hydrogen-bond donors (Lipinski definition) is 1. The van der Waals surface area contributed by atoms with Crippen molar-refractivity contribution in [2.45, 2.75) is 12.5 Å². The van der Waals surface area contributed by atoms with Gasteiger partial charge in [-0.2, -0.15) is 0 Å². The van der Waals surface area contributed by atoms with Crippen molar-refractivity contribution in [3.8, 4) is 0 Å². The summed E-state index contributed by atoms with van der Waals surface area (Å²) >= 11 is 5.83. The van der Waals surface area contributed by atoms with Crippen LogP contribution in [-0.2, 0) is 9.53 Å². The number of carbonyl (C=O) groups is 1. The lowest BCUT2D eigenvalue weighted by Gasteiger charge is -2.27. The van der Waals surface area contributed by atoms with Gasteiger partial charge in [-0.05, 0) is 31.2 Å². The van der Waals surface area contributed by atoms with Crippen LogP contribution >= 0.6 is 11.6 Å². The predicted molar refractivity (Wildman–Crippen MR) is 105 cm³/mol. The fourth-order valence-corrected chi connectivity index (χ4v) is 2.96. The zero-order valence-electron chi connectivity index (χ0n) is 15.2. The molecule has 144 valence electrons. The molecule has 0 aliphatic rings. The number of likely N-dealkylation sites (N-methyl/N-ethyl adjacent to an activating group) is 1. The molecule has 8 heteroatoms. The van der Waals surface area contributed by atoms with Crippen molar-refractivity contribution in [3.05, 3.63) is 69.2 Å². The first-order valence-corrected chi connectivity index (χ1v) is 8.80. The molecule has 0 saturated heterocycles. The summed E-state index contributed by atoms with van der Waals surface area (Å²) < 4.78 is 5.08. The Morgan fingerprint density at radius 3 is 2.63 bits per heavy atom. The van der Waals surface area contributed by atoms with E-state index in [0.29, 0.717) is 18.8 Å². The number of nitro groups is 1. The fraction of sp³-hybridized carbons (Fsp3) is 0.316. The Morgan fingerprint density at radius 2 is 2.00 bits per heavy atom. The van der Waals surface area contributed by atoms with Crippen molar-refractivity contribution >= 4 is 28.9 Å². The first kappa shape index (κ1) is 20.8. The van der Waals surface area contributed by atoms with E-state index in [0.717, 1.165) is 12.0 Å². The van der Waals surface area contributed by atoms with Crippen LogP contribution in [0.3, 0.4) is 0 Å². The van der Waals surface area contributed by atoms with Gasteiger partial charge in [-0.15, -0.1) is 0 Å². The zero-order valence-corrected chi connectivity index (χ0v) is 16.0. The normalized spacial score (nSPS) is 12.0. The number of benzene rings is 2. The first-order chi connectivity index (χ1) is 12.9. The number of nitrogens with zero attached hydrogens (tertiary/aromatic N) is 2. The van der Waals surface area contributed by atoms with E-state index in [1.807, 2.05) is 42.3 Å². The van der Waals surface area contributed by atoms with Crippen molar-refractivity contribution in [2.24, 2.45) is 0 Å². The minimum atomic E-state index is -0.580. The third-order valence-electron chi connectivity index (χ3n) is 4.07. The van der Waals surface area contributed by atoms with Gasteiger partial charge in [-0.1, -0.05) is 41.9 Å². The molecule has 2 aromatic carbocycles. The molecule has 7 nitrogen and oxygen atoms in total. The van der Waals surface area contributed by atoms with E-state index in [4.69, 9.17) is 16.3 Å². The summed E-state index contributed by atoms with van der Waals surface area (Å²) in [6.07, 6.45) is 0.774. The Bertz CT molecular complexity index is 786. The molecule has 27 heavy (non-hydrogen) atoms. The van der Waals surface area contributed by atoms with Gasteiger partial charge < -0.3 is 10.1 Å². The number of nitrogens with one attached hydrogen (secondary N) is 1. The molecule has 1 unspecified atom stereocenters. The maximum Gasteiger partial charge on any atom is 0.289 e. The summed E-state index contributed by atoms with van der Waals surface area (Å²) in [4.78, 5) is 25.4. The smallest absolute Gasteiger partial charge is 0.289 e. The standard InChI is InChI=1S/C19H22ClN3O4/c1-22(11-6-12-27-2)18(14-7-4-3-5-8-14)19(24)21-15-9-10-16(20)17(13-15)23(25)26/h3-5,7-10,13,18H,6,11-12H2,1-2H3,(H,21,24). The summed E-state index contributed by atoms with van der Waals surface area (Å²) in [6.45, 7) is 1.25. The van der Waals surface area contributed by atoms with Crippen LogP contribution in [0, 0.1) is 10.1 Å². The molecule has 1 N–H and O–H groups in total. The Balaban J connectivity index is 2.23. The predicted octanol–water partition coefficient (Wildman–Crippen LogP) is 3.90. The molecule has 0 aliphatic carbocycles. The van der Waals surface area contributed by atoms with Crippen LogP contribution in [0.4, 0.5) is 11.4 Å². The van der Waals surface area contributed by atoms with Crippen LogP contribution in [0.2, 0.25) is 5.02 Å². The number of hydrogen-bond acceptors (Lipinski definition) is 5. The van der Waals surface area contributed by atoms with Gasteiger partial charge >= 0.3 is 0 Å². The SMILES string of the molecule is COCCCN(C)C(C(=O)Nc1ccc(Cl)c([N+](=O)[O-])c1)c1ccccc1. The fourth-order valence-electron chi connectivity index (χ4n) is 2.77. The molecule has 0 heterocycles. The highest BCUT2D eigenvalue weighted by Gasteiger charge is 2.25. The van der Waals surface area contributed by atoms with E-state index in [9.17, 15) is 14.9 Å². The van der Waals surface area contributed by atoms with Crippen LogP contribution in [0.15, 0.2) is 48.5 Å². The molecule has 2 aromatic rings. The molecule has 0 spiro atoms. The second kappa shape index (κ2) is 10.0. The van der Waals surface area contributed by atoms with E-state index >= 15 is 0 Å². The molecule has 0 fully saturated rings. The van der Waals surface area contributed by atoms with Gasteiger partial charge in [0.2, 0.25) is 5.91 Å². The van der Waals surface area contributed by atoms with Crippen molar-refractivity contribution < 1.29 is 14.5 Å². The number of carbonyl (C=O) groups excluding carboxylic acids is 1. The van der Waals surface area contributed by atoms with Gasteiger partial charge in [0.15, 0.2) is 0 Å². The Kier molecular flexibility index (Phi) is 7.72. The van der Waals surface area contributed by atoms with Gasteiger partial charge in [0.05, 0.1) is 4.92 Å². The third-order valence-corrected chi connectivity index (χ3v) is 4.39. The third kappa shape index (κ3) is 5.75. The van der Waals surface area contributed by atoms with Crippen LogP contribution in [0.1, 0.15) is 18.0 Å². The second-order valence-electron chi connectivity index (χ2n) is 6.05. The molecular formula is C19H22ClN3O4. The number of nitro benzene ring substituents is 1. The average molecular weight is 392 g/mol. The second-order valence-corrected chi connectivity index (χ2v) is 6.46. The van der Waals surface area contributed by atoms with E-state index < -0.39 is 11.0 Å². The van der Waals surface area contributed by atoms with Crippen molar-refractivity contribution in [2.75, 3.05) is 32.6 Å². The van der Waals surface area contributed by atoms with Gasteiger partial charge in [0.25, 0.3) is 5.69 Å². The average Bonchev–Trinajstić information content (AvgIpc) is 2.64. The number of rotatable bonds is 9. The molecule has 1 atom stereocenters. The molecule has 0 aliphatic heterocycles. The van der Waals surface area contributed by atoms with Gasteiger partial charge in [-0.25, -0.2) is 0 Å². The lowest BCUT2D eigenvalue weighted by Crippen LogP contribution is -2.35. The molecule has 0 radical (unpaired) electrons. The Labute approximate surface area is 163 Å². The molecular weight excluding hydrogens is 370 g/mol. The summed E-state index contributed by atoms with van der Waals surface area (Å²) in [7, 11) is 3.49. The van der Waals surface area contributed by atoms with Crippen molar-refractivity contribution in [1.82, 2.24) is 4.90 Å². The largest absolute Gasteiger partial charge is 0.385 e. The summed E-state index contributed by atoms with van der Waals surface area (Å²) in [5.74, 6) is -0.280. The highest BCUT2D eigenvalue weighted by molar-refractivity contribution is 6.32. The van der Waals surface area contributed by atoms with E-state index in [-0.39, 0.29) is 16.6 Å². The lowest BCUT2D eigenvalue weighted by molar-refractivity contribution is -0.384. The Morgan fingerprint density at radius 1 is 1.30 bits per heavy atom. The van der Waals surface area contributed by atoms with Crippen LogP contribution < -0.4 is 5.32 Å². The van der Waals surface area contributed by atoms with E-state index in [1.54, 1.807) is 13.2 Å². The van der Waals surface area contributed by atoms with E-state index in [1.165, 1.54) is 12.1 Å². The van der Waals surface area contributed by atoms with Crippen LogP contribution in [0.5, 0.6) is 0 Å². The number of amides is 1. The van der Waals surface area contributed by atoms with Crippen molar-refractivity contribution in [3.63, 3.8) is 0 Å². The minimum Gasteiger partial charge on any atom is -0.385 e. The minimum absolute atomic E-state index is 0.0225. The van der Waals surface area contributed by atoms with Crippen molar-refractivity contribution in [1.29, 1.82) is 0 Å². The Hall–Kier alpha value is -2.48. The number of anilines is 1. The monoisotopic (exact) mass is 391 g/mol. The number of methoxy groups -OCH3 is 1. The first-order valence-electron chi connectivity index (χ1n) is 8.43. The number of ether oxygens (including phenoxy) is 1. The number of halogens is 1. The molecule has 0 bridgehead atoms. The van der Waals surface area contributed by atoms with Crippen LogP contribution in [0.25, 0.3) is 0 Å². The maximum absolute atomic E-state index is 13.0. The maximum atomic E-state index is 13.0. The van der Waals surface area contributed by atoms with Gasteiger partial charge in [0.1, 0.15) is 11.1 Å². The highest BCUT2D eigenvalue weighted by Crippen LogP contribution is 2.28. The van der Waals surface area contributed by atoms with Gasteiger partial charge in [-0.3, -0.25) is 19.8 Å². The molecule has 0 saturated carbocycles. The van der Waals surface area contributed by atoms with Gasteiger partial charge in [0, 0.05) is 32.0 Å². The molecule has 2 rings (SSSR count). The topological polar surface area (TPSA) is 84.7 Å². The molecule has 1 amide bonds.